The molecule has 1 heterocycles. The van der Waals surface area contributed by atoms with Crippen molar-refractivity contribution in [3.63, 3.8) is 0 Å². The van der Waals surface area contributed by atoms with Crippen LogP contribution in [-0.2, 0) is 0 Å². The Morgan fingerprint density at radius 3 is 3.00 bits per heavy atom. The van der Waals surface area contributed by atoms with Gasteiger partial charge in [-0.05, 0) is 30.3 Å². The maximum atomic E-state index is 11.5. The lowest BCUT2D eigenvalue weighted by molar-refractivity contribution is 0.252. The number of carbonyl (C=O) groups is 1. The number of carbonyl (C=O) groups excluding carboxylic acids is 1. The number of halogens is 1. The van der Waals surface area contributed by atoms with E-state index < -0.39 is 0 Å². The molecule has 0 bridgehead atoms. The summed E-state index contributed by atoms with van der Waals surface area (Å²) in [4.78, 5) is 11.5. The minimum atomic E-state index is -0.301. The zero-order valence-corrected chi connectivity index (χ0v) is 10.3. The number of urea groups is 1. The molecule has 2 aromatic rings. The maximum Gasteiger partial charge on any atom is 0.319 e. The smallest absolute Gasteiger partial charge is 0.319 e. The van der Waals surface area contributed by atoms with E-state index in [-0.39, 0.29) is 6.03 Å². The van der Waals surface area contributed by atoms with Crippen LogP contribution in [0.3, 0.4) is 0 Å². The first-order chi connectivity index (χ1) is 8.70. The molecule has 0 unspecified atom stereocenters. The molecular formula is C10H11ClN6O. The number of rotatable bonds is 3. The molecular weight excluding hydrogens is 256 g/mol. The largest absolute Gasteiger partial charge is 0.338 e. The Balaban J connectivity index is 2.32. The van der Waals surface area contributed by atoms with Crippen molar-refractivity contribution in [1.29, 1.82) is 0 Å². The van der Waals surface area contributed by atoms with Crippen LogP contribution in [0.5, 0.6) is 0 Å². The monoisotopic (exact) mass is 266 g/mol. The van der Waals surface area contributed by atoms with Crippen molar-refractivity contribution in [3.8, 4) is 11.4 Å². The molecule has 0 fully saturated rings. The van der Waals surface area contributed by atoms with Gasteiger partial charge >= 0.3 is 6.03 Å². The van der Waals surface area contributed by atoms with Gasteiger partial charge in [-0.15, -0.1) is 10.2 Å². The van der Waals surface area contributed by atoms with Gasteiger partial charge in [0.15, 0.2) is 0 Å². The Morgan fingerprint density at radius 2 is 2.33 bits per heavy atom. The van der Waals surface area contributed by atoms with Crippen LogP contribution in [0, 0.1) is 0 Å². The molecule has 2 rings (SSSR count). The van der Waals surface area contributed by atoms with Gasteiger partial charge in [-0.3, -0.25) is 0 Å². The van der Waals surface area contributed by atoms with Crippen LogP contribution in [-0.4, -0.2) is 33.2 Å². The molecule has 0 saturated heterocycles. The Labute approximate surface area is 108 Å². The fourth-order valence-electron chi connectivity index (χ4n) is 1.41. The average Bonchev–Trinajstić information content (AvgIpc) is 2.85. The van der Waals surface area contributed by atoms with Crippen molar-refractivity contribution >= 4 is 23.3 Å². The van der Waals surface area contributed by atoms with Crippen LogP contribution >= 0.6 is 11.6 Å². The van der Waals surface area contributed by atoms with Crippen molar-refractivity contribution in [2.75, 3.05) is 11.9 Å². The van der Waals surface area contributed by atoms with Crippen molar-refractivity contribution in [2.24, 2.45) is 0 Å². The molecule has 18 heavy (non-hydrogen) atoms. The fraction of sp³-hybridized carbons (Fsp3) is 0.200. The van der Waals surface area contributed by atoms with E-state index in [1.165, 1.54) is 0 Å². The van der Waals surface area contributed by atoms with E-state index in [9.17, 15) is 4.79 Å². The summed E-state index contributed by atoms with van der Waals surface area (Å²) in [5.74, 6) is 0.365. The minimum absolute atomic E-state index is 0.301. The molecule has 1 aromatic carbocycles. The van der Waals surface area contributed by atoms with Crippen LogP contribution in [0.25, 0.3) is 11.4 Å². The van der Waals surface area contributed by atoms with E-state index >= 15 is 0 Å². The summed E-state index contributed by atoms with van der Waals surface area (Å²) in [6.45, 7) is 2.37. The standard InChI is InChI=1S/C10H11ClN6O/c1-2-12-10(18)13-8-4-3-6(11)5-7(8)9-14-16-17-15-9/h3-5H,2H2,1H3,(H2,12,13,18)(H,14,15,16,17). The molecule has 8 heteroatoms. The summed E-state index contributed by atoms with van der Waals surface area (Å²) in [7, 11) is 0. The molecule has 0 aliphatic heterocycles. The van der Waals surface area contributed by atoms with Gasteiger partial charge in [-0.2, -0.15) is 5.21 Å². The summed E-state index contributed by atoms with van der Waals surface area (Å²) in [5, 5.41) is 19.4. The maximum absolute atomic E-state index is 11.5. The molecule has 0 spiro atoms. The Bertz CT molecular complexity index is 541. The molecule has 0 saturated carbocycles. The molecule has 2 amide bonds. The average molecular weight is 267 g/mol. The van der Waals surface area contributed by atoms with Crippen LogP contribution < -0.4 is 10.6 Å². The van der Waals surface area contributed by atoms with E-state index in [4.69, 9.17) is 11.6 Å². The number of anilines is 1. The van der Waals surface area contributed by atoms with Gasteiger partial charge < -0.3 is 10.6 Å². The van der Waals surface area contributed by atoms with Crippen molar-refractivity contribution in [1.82, 2.24) is 25.9 Å². The molecule has 0 atom stereocenters. The summed E-state index contributed by atoms with van der Waals surface area (Å²) in [6, 6.07) is 4.72. The summed E-state index contributed by atoms with van der Waals surface area (Å²) < 4.78 is 0. The summed E-state index contributed by atoms with van der Waals surface area (Å²) in [5.41, 5.74) is 1.16. The number of aromatic nitrogens is 4. The summed E-state index contributed by atoms with van der Waals surface area (Å²) in [6.07, 6.45) is 0. The molecule has 0 aliphatic rings. The number of amides is 2. The highest BCUT2D eigenvalue weighted by Crippen LogP contribution is 2.27. The molecule has 1 aromatic heterocycles. The Morgan fingerprint density at radius 1 is 1.50 bits per heavy atom. The van der Waals surface area contributed by atoms with Crippen LogP contribution in [0.1, 0.15) is 6.92 Å². The topological polar surface area (TPSA) is 95.6 Å². The highest BCUT2D eigenvalue weighted by Gasteiger charge is 2.12. The molecule has 0 radical (unpaired) electrons. The first-order valence-corrected chi connectivity index (χ1v) is 5.66. The van der Waals surface area contributed by atoms with E-state index in [2.05, 4.69) is 31.3 Å². The minimum Gasteiger partial charge on any atom is -0.338 e. The first-order valence-electron chi connectivity index (χ1n) is 5.29. The summed E-state index contributed by atoms with van der Waals surface area (Å²) >= 11 is 5.92. The second-order valence-electron chi connectivity index (χ2n) is 3.41. The highest BCUT2D eigenvalue weighted by atomic mass is 35.5. The number of H-pyrrole nitrogens is 1. The number of aromatic amines is 1. The van der Waals surface area contributed by atoms with Gasteiger partial charge in [0.1, 0.15) is 0 Å². The first kappa shape index (κ1) is 12.3. The van der Waals surface area contributed by atoms with Crippen LogP contribution in [0.15, 0.2) is 18.2 Å². The van der Waals surface area contributed by atoms with Gasteiger partial charge in [0.25, 0.3) is 0 Å². The lowest BCUT2D eigenvalue weighted by atomic mass is 10.1. The van der Waals surface area contributed by atoms with E-state index in [1.807, 2.05) is 6.92 Å². The SMILES string of the molecule is CCNC(=O)Nc1ccc(Cl)cc1-c1nn[nH]n1. The number of nitrogens with one attached hydrogen (secondary N) is 3. The molecule has 3 N–H and O–H groups in total. The van der Waals surface area contributed by atoms with Crippen molar-refractivity contribution in [2.45, 2.75) is 6.92 Å². The second-order valence-corrected chi connectivity index (χ2v) is 3.85. The second kappa shape index (κ2) is 5.46. The fourth-order valence-corrected chi connectivity index (χ4v) is 1.59. The van der Waals surface area contributed by atoms with E-state index in [0.29, 0.717) is 28.6 Å². The van der Waals surface area contributed by atoms with Crippen LogP contribution in [0.2, 0.25) is 5.02 Å². The van der Waals surface area contributed by atoms with Gasteiger partial charge in [0.2, 0.25) is 5.82 Å². The Hall–Kier alpha value is -2.15. The van der Waals surface area contributed by atoms with Gasteiger partial charge in [-0.25, -0.2) is 4.79 Å². The van der Waals surface area contributed by atoms with Gasteiger partial charge in [0.05, 0.1) is 5.69 Å². The van der Waals surface area contributed by atoms with E-state index in [1.54, 1.807) is 18.2 Å². The zero-order chi connectivity index (χ0) is 13.0. The van der Waals surface area contributed by atoms with Gasteiger partial charge in [-0.1, -0.05) is 11.6 Å². The third-order valence-corrected chi connectivity index (χ3v) is 2.39. The lowest BCUT2D eigenvalue weighted by Gasteiger charge is -2.09. The molecule has 94 valence electrons. The number of benzene rings is 1. The van der Waals surface area contributed by atoms with E-state index in [0.717, 1.165) is 0 Å². The van der Waals surface area contributed by atoms with Gasteiger partial charge in [0, 0.05) is 17.1 Å². The number of nitrogens with zero attached hydrogens (tertiary/aromatic N) is 3. The quantitative estimate of drug-likeness (QED) is 0.787. The number of tetrazole rings is 1. The predicted molar refractivity (Wildman–Crippen MR) is 67.3 cm³/mol. The third kappa shape index (κ3) is 2.75. The highest BCUT2D eigenvalue weighted by molar-refractivity contribution is 6.31. The molecule has 7 nitrogen and oxygen atoms in total. The Kier molecular flexibility index (Phi) is 3.73. The van der Waals surface area contributed by atoms with Crippen LogP contribution in [0.4, 0.5) is 10.5 Å². The normalized spacial score (nSPS) is 10.1. The van der Waals surface area contributed by atoms with Crippen molar-refractivity contribution in [3.05, 3.63) is 23.2 Å². The van der Waals surface area contributed by atoms with Crippen molar-refractivity contribution < 1.29 is 4.79 Å². The zero-order valence-electron chi connectivity index (χ0n) is 9.57. The predicted octanol–water partition coefficient (Wildman–Crippen LogP) is 1.66. The lowest BCUT2D eigenvalue weighted by Crippen LogP contribution is -2.28. The third-order valence-electron chi connectivity index (χ3n) is 2.15. The number of hydrogen-bond donors (Lipinski definition) is 3. The number of hydrogen-bond acceptors (Lipinski definition) is 4. The molecule has 0 aliphatic carbocycles.